The van der Waals surface area contributed by atoms with E-state index >= 15 is 0 Å². The summed E-state index contributed by atoms with van der Waals surface area (Å²) in [6, 6.07) is 0. The number of ether oxygens (including phenoxy) is 1. The molecule has 0 unspecified atom stereocenters. The quantitative estimate of drug-likeness (QED) is 0.599. The molecular formula is C10H17NO6S. The highest BCUT2D eigenvalue weighted by Crippen LogP contribution is 2.46. The van der Waals surface area contributed by atoms with Crippen LogP contribution in [0.25, 0.3) is 0 Å². The number of carboxylic acid groups (broad SMARTS) is 1. The van der Waals surface area contributed by atoms with Gasteiger partial charge in [0.1, 0.15) is 0 Å². The number of hydrogen-bond donors (Lipinski definition) is 2. The topological polar surface area (TPSA) is 110 Å². The van der Waals surface area contributed by atoms with Crippen molar-refractivity contribution in [3.05, 3.63) is 0 Å². The lowest BCUT2D eigenvalue weighted by atomic mass is 10.3. The van der Waals surface area contributed by atoms with Gasteiger partial charge in [-0.25, -0.2) is 13.1 Å². The highest BCUT2D eigenvalue weighted by Gasteiger charge is 2.55. The third-order valence-electron chi connectivity index (χ3n) is 2.78. The Morgan fingerprint density at radius 2 is 2.00 bits per heavy atom. The van der Waals surface area contributed by atoms with E-state index in [2.05, 4.69) is 4.72 Å². The summed E-state index contributed by atoms with van der Waals surface area (Å²) >= 11 is 0. The van der Waals surface area contributed by atoms with Crippen molar-refractivity contribution in [3.63, 3.8) is 0 Å². The molecule has 7 nitrogen and oxygen atoms in total. The fourth-order valence-electron chi connectivity index (χ4n) is 1.60. The van der Waals surface area contributed by atoms with Gasteiger partial charge in [0, 0.05) is 6.54 Å². The van der Waals surface area contributed by atoms with Crippen molar-refractivity contribution in [2.45, 2.75) is 37.4 Å². The van der Waals surface area contributed by atoms with Crippen LogP contribution in [-0.4, -0.2) is 43.4 Å². The average molecular weight is 279 g/mol. The maximum Gasteiger partial charge on any atom is 0.307 e. The van der Waals surface area contributed by atoms with Crippen LogP contribution in [0.4, 0.5) is 0 Å². The highest BCUT2D eigenvalue weighted by molar-refractivity contribution is 7.91. The maximum atomic E-state index is 11.9. The monoisotopic (exact) mass is 279 g/mol. The molecular weight excluding hydrogens is 262 g/mol. The SMILES string of the molecule is CCOC(=O)CC1(S(=O)(=O)NCCC(=O)O)CC1. The Balaban J connectivity index is 2.55. The van der Waals surface area contributed by atoms with Gasteiger partial charge in [0.15, 0.2) is 0 Å². The predicted octanol–water partition coefficient (Wildman–Crippen LogP) is -0.134. The molecule has 0 amide bonds. The molecule has 1 aliphatic carbocycles. The fraction of sp³-hybridized carbons (Fsp3) is 0.800. The summed E-state index contributed by atoms with van der Waals surface area (Å²) in [5.41, 5.74) is 0. The first-order valence-electron chi connectivity index (χ1n) is 5.69. The Labute approximate surface area is 106 Å². The van der Waals surface area contributed by atoms with Gasteiger partial charge in [-0.1, -0.05) is 0 Å². The molecule has 0 bridgehead atoms. The molecule has 0 aromatic heterocycles. The number of aliphatic carboxylic acids is 1. The molecule has 0 spiro atoms. The Morgan fingerprint density at radius 3 is 2.44 bits per heavy atom. The minimum atomic E-state index is -3.67. The lowest BCUT2D eigenvalue weighted by molar-refractivity contribution is -0.143. The number of carbonyl (C=O) groups excluding carboxylic acids is 1. The van der Waals surface area contributed by atoms with Crippen molar-refractivity contribution in [1.82, 2.24) is 4.72 Å². The van der Waals surface area contributed by atoms with Crippen molar-refractivity contribution >= 4 is 22.0 Å². The Hall–Kier alpha value is -1.15. The zero-order valence-electron chi connectivity index (χ0n) is 10.1. The van der Waals surface area contributed by atoms with Gasteiger partial charge in [-0.3, -0.25) is 9.59 Å². The fourth-order valence-corrected chi connectivity index (χ4v) is 3.22. The first kappa shape index (κ1) is 14.9. The van der Waals surface area contributed by atoms with Crippen LogP contribution < -0.4 is 4.72 Å². The van der Waals surface area contributed by atoms with Crippen LogP contribution in [0.5, 0.6) is 0 Å². The summed E-state index contributed by atoms with van der Waals surface area (Å²) in [7, 11) is -3.67. The van der Waals surface area contributed by atoms with Crippen LogP contribution in [0.1, 0.15) is 32.6 Å². The second kappa shape index (κ2) is 5.66. The second-order valence-corrected chi connectivity index (χ2v) is 6.37. The standard InChI is InChI=1S/C10H17NO6S/c1-2-17-9(14)7-10(4-5-10)18(15,16)11-6-3-8(12)13/h11H,2-7H2,1H3,(H,12,13). The normalized spacial score (nSPS) is 17.2. The largest absolute Gasteiger partial charge is 0.481 e. The van der Waals surface area contributed by atoms with E-state index in [9.17, 15) is 18.0 Å². The van der Waals surface area contributed by atoms with Crippen LogP contribution in [0, 0.1) is 0 Å². The second-order valence-electron chi connectivity index (χ2n) is 4.21. The van der Waals surface area contributed by atoms with Crippen molar-refractivity contribution < 1.29 is 27.9 Å². The third kappa shape index (κ3) is 3.67. The van der Waals surface area contributed by atoms with Gasteiger partial charge < -0.3 is 9.84 Å². The lowest BCUT2D eigenvalue weighted by Crippen LogP contribution is -2.38. The molecule has 1 fully saturated rings. The minimum Gasteiger partial charge on any atom is -0.481 e. The first-order chi connectivity index (χ1) is 8.33. The summed E-state index contributed by atoms with van der Waals surface area (Å²) in [6.45, 7) is 1.70. The van der Waals surface area contributed by atoms with Crippen molar-refractivity contribution in [2.75, 3.05) is 13.2 Å². The molecule has 0 saturated heterocycles. The predicted molar refractivity (Wildman–Crippen MR) is 62.4 cm³/mol. The molecule has 8 heteroatoms. The van der Waals surface area contributed by atoms with E-state index in [1.54, 1.807) is 6.92 Å². The van der Waals surface area contributed by atoms with E-state index in [-0.39, 0.29) is 26.0 Å². The Bertz CT molecular complexity index is 426. The zero-order chi connectivity index (χ0) is 13.8. The van der Waals surface area contributed by atoms with Crippen LogP contribution in [-0.2, 0) is 24.3 Å². The smallest absolute Gasteiger partial charge is 0.307 e. The van der Waals surface area contributed by atoms with Crippen LogP contribution in [0.2, 0.25) is 0 Å². The molecule has 1 aliphatic rings. The number of carbonyl (C=O) groups is 2. The van der Waals surface area contributed by atoms with Crippen molar-refractivity contribution in [3.8, 4) is 0 Å². The number of sulfonamides is 1. The molecule has 0 aliphatic heterocycles. The Morgan fingerprint density at radius 1 is 1.39 bits per heavy atom. The summed E-state index contributed by atoms with van der Waals surface area (Å²) in [5, 5.41) is 8.44. The average Bonchev–Trinajstić information content (AvgIpc) is 2.98. The van der Waals surface area contributed by atoms with Crippen LogP contribution in [0.3, 0.4) is 0 Å². The summed E-state index contributed by atoms with van der Waals surface area (Å²) in [4.78, 5) is 21.6. The molecule has 1 saturated carbocycles. The molecule has 1 rings (SSSR count). The number of esters is 1. The summed E-state index contributed by atoms with van der Waals surface area (Å²) in [5.74, 6) is -1.62. The minimum absolute atomic E-state index is 0.164. The van der Waals surface area contributed by atoms with Crippen LogP contribution in [0.15, 0.2) is 0 Å². The molecule has 0 atom stereocenters. The molecule has 18 heavy (non-hydrogen) atoms. The molecule has 0 heterocycles. The number of hydrogen-bond acceptors (Lipinski definition) is 5. The van der Waals surface area contributed by atoms with Crippen LogP contribution >= 0.6 is 0 Å². The summed E-state index contributed by atoms with van der Waals surface area (Å²) in [6.07, 6.45) is 0.334. The highest BCUT2D eigenvalue weighted by atomic mass is 32.2. The number of carboxylic acids is 1. The van der Waals surface area contributed by atoms with E-state index in [0.717, 1.165) is 0 Å². The number of rotatable bonds is 8. The van der Waals surface area contributed by atoms with E-state index in [0.29, 0.717) is 12.8 Å². The lowest BCUT2D eigenvalue weighted by Gasteiger charge is -2.15. The van der Waals surface area contributed by atoms with E-state index in [4.69, 9.17) is 9.84 Å². The van der Waals surface area contributed by atoms with Gasteiger partial charge in [0.05, 0.1) is 24.2 Å². The maximum absolute atomic E-state index is 11.9. The molecule has 2 N–H and O–H groups in total. The third-order valence-corrected chi connectivity index (χ3v) is 5.06. The molecule has 0 radical (unpaired) electrons. The van der Waals surface area contributed by atoms with Crippen molar-refractivity contribution in [1.29, 1.82) is 0 Å². The summed E-state index contributed by atoms with van der Waals surface area (Å²) < 4.78 is 29.7. The number of nitrogens with one attached hydrogen (secondary N) is 1. The van der Waals surface area contributed by atoms with Gasteiger partial charge in [0.2, 0.25) is 10.0 Å². The van der Waals surface area contributed by atoms with Gasteiger partial charge >= 0.3 is 11.9 Å². The van der Waals surface area contributed by atoms with E-state index in [1.807, 2.05) is 0 Å². The van der Waals surface area contributed by atoms with Gasteiger partial charge in [-0.05, 0) is 19.8 Å². The Kier molecular flexibility index (Phi) is 4.69. The van der Waals surface area contributed by atoms with E-state index < -0.39 is 26.7 Å². The molecule has 104 valence electrons. The van der Waals surface area contributed by atoms with E-state index in [1.165, 1.54) is 0 Å². The molecule has 0 aromatic carbocycles. The zero-order valence-corrected chi connectivity index (χ0v) is 11.0. The van der Waals surface area contributed by atoms with Crippen molar-refractivity contribution in [2.24, 2.45) is 0 Å². The molecule has 0 aromatic rings. The van der Waals surface area contributed by atoms with Gasteiger partial charge in [0.25, 0.3) is 0 Å². The van der Waals surface area contributed by atoms with Gasteiger partial charge in [-0.2, -0.15) is 0 Å². The first-order valence-corrected chi connectivity index (χ1v) is 7.18. The van der Waals surface area contributed by atoms with Gasteiger partial charge in [-0.15, -0.1) is 0 Å².